The summed E-state index contributed by atoms with van der Waals surface area (Å²) in [5, 5.41) is 9.90. The first-order valence-electron chi connectivity index (χ1n) is 3.79. The Kier molecular flexibility index (Phi) is 4.36. The van der Waals surface area contributed by atoms with E-state index in [0.29, 0.717) is 0 Å². The highest BCUT2D eigenvalue weighted by atomic mass is 31.1. The van der Waals surface area contributed by atoms with E-state index in [9.17, 15) is 10.1 Å². The molecule has 0 N–H and O–H groups in total. The third kappa shape index (κ3) is 4.55. The van der Waals surface area contributed by atoms with Gasteiger partial charge in [0.05, 0.1) is 0 Å². The van der Waals surface area contributed by atoms with Crippen LogP contribution in [0.1, 0.15) is 5.56 Å². The van der Waals surface area contributed by atoms with Crippen LogP contribution in [0.3, 0.4) is 0 Å². The second-order valence-electron chi connectivity index (χ2n) is 2.41. The largest absolute Gasteiger partial charge is 0.308 e. The highest BCUT2D eigenvalue weighted by molar-refractivity contribution is 7.31. The molecule has 0 aromatic heterocycles. The fraction of sp³-hybridized carbons (Fsp3) is 0.250. The summed E-state index contributed by atoms with van der Waals surface area (Å²) >= 11 is 0. The zero-order valence-electron chi connectivity index (χ0n) is 6.97. The molecule has 0 fully saturated rings. The maximum atomic E-state index is 9.90. The molecule has 0 aliphatic rings. The second kappa shape index (κ2) is 5.62. The summed E-state index contributed by atoms with van der Waals surface area (Å²) in [7, 11) is 0.161. The van der Waals surface area contributed by atoms with Crippen LogP contribution >= 0.6 is 8.81 Å². The fourth-order valence-corrected chi connectivity index (χ4v) is 1.53. The number of hydrogen-bond acceptors (Lipinski definition) is 3. The van der Waals surface area contributed by atoms with E-state index in [1.54, 1.807) is 0 Å². The van der Waals surface area contributed by atoms with Crippen LogP contribution in [-0.2, 0) is 10.7 Å². The first-order valence-corrected chi connectivity index (χ1v) is 4.91. The third-order valence-electron chi connectivity index (χ3n) is 1.39. The monoisotopic (exact) mass is 199 g/mol. The summed E-state index contributed by atoms with van der Waals surface area (Å²) in [6.07, 6.45) is 0.745. The van der Waals surface area contributed by atoms with Gasteiger partial charge in [-0.3, -0.25) is 14.6 Å². The zero-order chi connectivity index (χ0) is 9.52. The average Bonchev–Trinajstić information content (AvgIpc) is 2.14. The van der Waals surface area contributed by atoms with Crippen molar-refractivity contribution in [2.45, 2.75) is 6.16 Å². The van der Waals surface area contributed by atoms with Gasteiger partial charge in [0, 0.05) is 19.9 Å². The van der Waals surface area contributed by atoms with Crippen LogP contribution < -0.4 is 0 Å². The Bertz CT molecular complexity index is 265. The molecule has 1 aromatic rings. The van der Waals surface area contributed by atoms with Crippen molar-refractivity contribution in [3.8, 4) is 0 Å². The lowest BCUT2D eigenvalue weighted by Gasteiger charge is -1.99. The molecule has 0 heterocycles. The molecule has 0 radical (unpaired) electrons. The SMILES string of the molecule is O=[N+]([O-])COPCc1ccccc1. The van der Waals surface area contributed by atoms with Crippen LogP contribution in [0, 0.1) is 10.1 Å². The lowest BCUT2D eigenvalue weighted by Crippen LogP contribution is -1.99. The standard InChI is InChI=1S/C8H10NO3P/c10-9(11)7-12-13-6-8-4-2-1-3-5-8/h1-5,13H,6-7H2. The Morgan fingerprint density at radius 1 is 1.38 bits per heavy atom. The molecule has 1 rings (SSSR count). The van der Waals surface area contributed by atoms with Gasteiger partial charge in [-0.2, -0.15) is 0 Å². The molecule has 0 saturated heterocycles. The topological polar surface area (TPSA) is 52.4 Å². The quantitative estimate of drug-likeness (QED) is 0.240. The Hall–Kier alpha value is -0.990. The first kappa shape index (κ1) is 10.1. The molecule has 0 bridgehead atoms. The van der Waals surface area contributed by atoms with Gasteiger partial charge in [0.15, 0.2) is 0 Å². The minimum absolute atomic E-state index is 0.161. The van der Waals surface area contributed by atoms with E-state index >= 15 is 0 Å². The van der Waals surface area contributed by atoms with Crippen LogP contribution in [0.5, 0.6) is 0 Å². The Labute approximate surface area is 77.9 Å². The smallest absolute Gasteiger partial charge is 0.299 e. The van der Waals surface area contributed by atoms with Crippen LogP contribution in [0.2, 0.25) is 0 Å². The van der Waals surface area contributed by atoms with Gasteiger partial charge < -0.3 is 0 Å². The van der Waals surface area contributed by atoms with E-state index in [0.717, 1.165) is 11.7 Å². The average molecular weight is 199 g/mol. The number of rotatable bonds is 5. The highest BCUT2D eigenvalue weighted by Crippen LogP contribution is 2.18. The molecule has 1 aromatic carbocycles. The number of nitro groups is 1. The minimum Gasteiger partial charge on any atom is -0.299 e. The fourth-order valence-electron chi connectivity index (χ4n) is 0.829. The van der Waals surface area contributed by atoms with Crippen molar-refractivity contribution in [1.82, 2.24) is 0 Å². The molecule has 0 aliphatic heterocycles. The highest BCUT2D eigenvalue weighted by Gasteiger charge is 1.96. The molecule has 4 nitrogen and oxygen atoms in total. The molecule has 0 amide bonds. The van der Waals surface area contributed by atoms with Gasteiger partial charge in [-0.25, -0.2) is 0 Å². The van der Waals surface area contributed by atoms with Crippen LogP contribution in [0.4, 0.5) is 0 Å². The van der Waals surface area contributed by atoms with Crippen molar-refractivity contribution < 1.29 is 9.45 Å². The molecule has 0 aliphatic carbocycles. The molecule has 13 heavy (non-hydrogen) atoms. The van der Waals surface area contributed by atoms with E-state index in [-0.39, 0.29) is 8.81 Å². The normalized spacial score (nSPS) is 10.8. The molecule has 5 heteroatoms. The summed E-state index contributed by atoms with van der Waals surface area (Å²) in [6.45, 7) is -0.398. The minimum atomic E-state index is -0.474. The Morgan fingerprint density at radius 2 is 2.08 bits per heavy atom. The Morgan fingerprint density at radius 3 is 2.69 bits per heavy atom. The molecule has 0 spiro atoms. The number of hydrogen-bond donors (Lipinski definition) is 0. The van der Waals surface area contributed by atoms with Gasteiger partial charge in [0.1, 0.15) is 0 Å². The van der Waals surface area contributed by atoms with Gasteiger partial charge in [-0.1, -0.05) is 30.3 Å². The first-order chi connectivity index (χ1) is 6.29. The lowest BCUT2D eigenvalue weighted by molar-refractivity contribution is -0.513. The molecular formula is C8H10NO3P. The third-order valence-corrected chi connectivity index (χ3v) is 2.28. The Balaban J connectivity index is 2.17. The predicted molar refractivity (Wildman–Crippen MR) is 51.4 cm³/mol. The van der Waals surface area contributed by atoms with Gasteiger partial charge in [0.25, 0.3) is 0 Å². The van der Waals surface area contributed by atoms with Crippen molar-refractivity contribution >= 4 is 8.81 Å². The van der Waals surface area contributed by atoms with E-state index in [4.69, 9.17) is 4.52 Å². The molecular weight excluding hydrogens is 189 g/mol. The van der Waals surface area contributed by atoms with Crippen molar-refractivity contribution in [2.24, 2.45) is 0 Å². The van der Waals surface area contributed by atoms with Crippen LogP contribution in [-0.4, -0.2) is 11.7 Å². The lowest BCUT2D eigenvalue weighted by atomic mass is 10.2. The predicted octanol–water partition coefficient (Wildman–Crippen LogP) is 2.03. The van der Waals surface area contributed by atoms with Gasteiger partial charge in [0.2, 0.25) is 0 Å². The van der Waals surface area contributed by atoms with E-state index in [1.165, 1.54) is 0 Å². The maximum Gasteiger partial charge on any atom is 0.308 e. The molecule has 70 valence electrons. The summed E-state index contributed by atoms with van der Waals surface area (Å²) in [5.41, 5.74) is 1.14. The van der Waals surface area contributed by atoms with Gasteiger partial charge in [-0.05, 0) is 5.56 Å². The van der Waals surface area contributed by atoms with Crippen LogP contribution in [0.25, 0.3) is 0 Å². The second-order valence-corrected chi connectivity index (χ2v) is 3.34. The van der Waals surface area contributed by atoms with Crippen molar-refractivity contribution in [1.29, 1.82) is 0 Å². The zero-order valence-corrected chi connectivity index (χ0v) is 7.97. The van der Waals surface area contributed by atoms with E-state index in [1.807, 2.05) is 30.3 Å². The van der Waals surface area contributed by atoms with Gasteiger partial charge >= 0.3 is 6.73 Å². The number of nitrogens with zero attached hydrogens (tertiary/aromatic N) is 1. The summed E-state index contributed by atoms with van der Waals surface area (Å²) in [5.74, 6) is 0. The van der Waals surface area contributed by atoms with Crippen molar-refractivity contribution in [3.63, 3.8) is 0 Å². The molecule has 0 saturated carbocycles. The molecule has 1 unspecified atom stereocenters. The van der Waals surface area contributed by atoms with Crippen LogP contribution in [0.15, 0.2) is 30.3 Å². The van der Waals surface area contributed by atoms with Crippen molar-refractivity contribution in [2.75, 3.05) is 6.73 Å². The van der Waals surface area contributed by atoms with Gasteiger partial charge in [-0.15, -0.1) is 0 Å². The summed E-state index contributed by atoms with van der Waals surface area (Å²) in [4.78, 5) is 9.42. The van der Waals surface area contributed by atoms with E-state index in [2.05, 4.69) is 0 Å². The van der Waals surface area contributed by atoms with Crippen molar-refractivity contribution in [3.05, 3.63) is 46.0 Å². The maximum absolute atomic E-state index is 9.90. The molecule has 1 atom stereocenters. The summed E-state index contributed by atoms with van der Waals surface area (Å²) < 4.78 is 4.83. The number of benzene rings is 1. The summed E-state index contributed by atoms with van der Waals surface area (Å²) in [6, 6.07) is 9.76. The van der Waals surface area contributed by atoms with E-state index < -0.39 is 11.7 Å².